The highest BCUT2D eigenvalue weighted by Crippen LogP contribution is 2.28. The Labute approximate surface area is 100 Å². The van der Waals surface area contributed by atoms with E-state index in [9.17, 15) is 10.1 Å². The van der Waals surface area contributed by atoms with Crippen molar-refractivity contribution in [2.24, 2.45) is 0 Å². The summed E-state index contributed by atoms with van der Waals surface area (Å²) >= 11 is 5.63. The van der Waals surface area contributed by atoms with Gasteiger partial charge < -0.3 is 10.3 Å². The van der Waals surface area contributed by atoms with E-state index < -0.39 is 4.92 Å². The Kier molecular flexibility index (Phi) is 3.15. The minimum atomic E-state index is -0.627. The van der Waals surface area contributed by atoms with Crippen molar-refractivity contribution in [2.75, 3.05) is 5.32 Å². The third kappa shape index (κ3) is 2.48. The van der Waals surface area contributed by atoms with Gasteiger partial charge >= 0.3 is 5.69 Å². The molecule has 0 unspecified atom stereocenters. The van der Waals surface area contributed by atoms with Crippen molar-refractivity contribution < 1.29 is 4.92 Å². The first-order valence-corrected chi connectivity index (χ1v) is 4.92. The Balaban J connectivity index is 2.21. The number of nitrogens with one attached hydrogen (secondary N) is 2. The standard InChI is InChI=1S/C8H7ClN6O2/c9-7-6(15(16)17)8(14-4-13-7)11-2-5-1-10-3-12-5/h1,3-4H,2H2,(H,10,12)(H,11,13,14). The summed E-state index contributed by atoms with van der Waals surface area (Å²) < 4.78 is 0. The zero-order valence-electron chi connectivity index (χ0n) is 8.42. The molecular weight excluding hydrogens is 248 g/mol. The van der Waals surface area contributed by atoms with Crippen LogP contribution in [0.25, 0.3) is 0 Å². The van der Waals surface area contributed by atoms with E-state index in [0.717, 1.165) is 12.0 Å². The van der Waals surface area contributed by atoms with Crippen LogP contribution in [0.3, 0.4) is 0 Å². The highest BCUT2D eigenvalue weighted by Gasteiger charge is 2.21. The fourth-order valence-corrected chi connectivity index (χ4v) is 1.41. The number of aromatic nitrogens is 4. The van der Waals surface area contributed by atoms with E-state index in [4.69, 9.17) is 11.6 Å². The lowest BCUT2D eigenvalue weighted by Gasteiger charge is -2.04. The fourth-order valence-electron chi connectivity index (χ4n) is 1.21. The van der Waals surface area contributed by atoms with Crippen LogP contribution in [0.2, 0.25) is 5.15 Å². The third-order valence-electron chi connectivity index (χ3n) is 1.96. The number of imidazole rings is 1. The van der Waals surface area contributed by atoms with Crippen LogP contribution in [0.1, 0.15) is 5.69 Å². The van der Waals surface area contributed by atoms with Crippen molar-refractivity contribution in [3.63, 3.8) is 0 Å². The van der Waals surface area contributed by atoms with Crippen molar-refractivity contribution in [2.45, 2.75) is 6.54 Å². The molecule has 17 heavy (non-hydrogen) atoms. The van der Waals surface area contributed by atoms with Gasteiger partial charge in [0, 0.05) is 6.20 Å². The Bertz CT molecular complexity index is 529. The van der Waals surface area contributed by atoms with Crippen LogP contribution in [-0.2, 0) is 6.54 Å². The van der Waals surface area contributed by atoms with Gasteiger partial charge in [-0.1, -0.05) is 11.6 Å². The van der Waals surface area contributed by atoms with Gasteiger partial charge in [0.1, 0.15) is 6.33 Å². The maximum absolute atomic E-state index is 10.8. The van der Waals surface area contributed by atoms with Crippen molar-refractivity contribution in [1.82, 2.24) is 19.9 Å². The maximum Gasteiger partial charge on any atom is 0.348 e. The second-order valence-corrected chi connectivity index (χ2v) is 3.41. The number of hydrogen-bond donors (Lipinski definition) is 2. The van der Waals surface area contributed by atoms with Gasteiger partial charge in [-0.05, 0) is 0 Å². The first kappa shape index (κ1) is 11.3. The second-order valence-electron chi connectivity index (χ2n) is 3.05. The molecule has 2 N–H and O–H groups in total. The van der Waals surface area contributed by atoms with Crippen molar-refractivity contribution in [3.8, 4) is 0 Å². The Hall–Kier alpha value is -2.22. The molecule has 0 fully saturated rings. The summed E-state index contributed by atoms with van der Waals surface area (Å²) in [5.41, 5.74) is 0.433. The van der Waals surface area contributed by atoms with Crippen LogP contribution >= 0.6 is 11.6 Å². The number of anilines is 1. The zero-order valence-corrected chi connectivity index (χ0v) is 9.18. The topological polar surface area (TPSA) is 110 Å². The van der Waals surface area contributed by atoms with Gasteiger partial charge in [-0.15, -0.1) is 0 Å². The lowest BCUT2D eigenvalue weighted by Crippen LogP contribution is -2.06. The number of nitro groups is 1. The van der Waals surface area contributed by atoms with Crippen LogP contribution in [0.15, 0.2) is 18.9 Å². The molecule has 0 aliphatic carbocycles. The van der Waals surface area contributed by atoms with Crippen molar-refractivity contribution in [1.29, 1.82) is 0 Å². The van der Waals surface area contributed by atoms with E-state index >= 15 is 0 Å². The molecule has 0 saturated heterocycles. The van der Waals surface area contributed by atoms with Crippen molar-refractivity contribution >= 4 is 23.1 Å². The summed E-state index contributed by atoms with van der Waals surface area (Å²) in [6, 6.07) is 0. The van der Waals surface area contributed by atoms with Crippen LogP contribution < -0.4 is 5.32 Å². The molecule has 0 aromatic carbocycles. The molecule has 0 aliphatic heterocycles. The quantitative estimate of drug-likeness (QED) is 0.484. The summed E-state index contributed by atoms with van der Waals surface area (Å²) in [4.78, 5) is 24.2. The highest BCUT2D eigenvalue weighted by molar-refractivity contribution is 6.31. The fraction of sp³-hybridized carbons (Fsp3) is 0.125. The predicted molar refractivity (Wildman–Crippen MR) is 59.6 cm³/mol. The summed E-state index contributed by atoms with van der Waals surface area (Å²) in [5, 5.41) is 13.4. The lowest BCUT2D eigenvalue weighted by atomic mass is 10.4. The molecule has 0 amide bonds. The van der Waals surface area contributed by atoms with E-state index in [1.807, 2.05) is 0 Å². The van der Waals surface area contributed by atoms with E-state index in [-0.39, 0.29) is 16.7 Å². The summed E-state index contributed by atoms with van der Waals surface area (Å²) in [7, 11) is 0. The molecule has 0 radical (unpaired) electrons. The zero-order chi connectivity index (χ0) is 12.3. The maximum atomic E-state index is 10.8. The average Bonchev–Trinajstić information content (AvgIpc) is 2.78. The number of aromatic amines is 1. The monoisotopic (exact) mass is 254 g/mol. The molecule has 0 spiro atoms. The molecule has 0 atom stereocenters. The predicted octanol–water partition coefficient (Wildman–Crippen LogP) is 1.37. The molecule has 2 heterocycles. The minimum Gasteiger partial charge on any atom is -0.359 e. The number of hydrogen-bond acceptors (Lipinski definition) is 6. The first-order chi connectivity index (χ1) is 8.18. The molecule has 2 aromatic rings. The van der Waals surface area contributed by atoms with Crippen LogP contribution in [-0.4, -0.2) is 24.9 Å². The summed E-state index contributed by atoms with van der Waals surface area (Å²) in [6.07, 6.45) is 4.27. The smallest absolute Gasteiger partial charge is 0.348 e. The molecule has 0 aliphatic rings. The third-order valence-corrected chi connectivity index (χ3v) is 2.24. The van der Waals surface area contributed by atoms with Gasteiger partial charge in [0.25, 0.3) is 0 Å². The van der Waals surface area contributed by atoms with Gasteiger partial charge in [0.15, 0.2) is 0 Å². The highest BCUT2D eigenvalue weighted by atomic mass is 35.5. The van der Waals surface area contributed by atoms with Gasteiger partial charge in [0.05, 0.1) is 23.5 Å². The van der Waals surface area contributed by atoms with Crippen LogP contribution in [0.5, 0.6) is 0 Å². The number of halogens is 1. The normalized spacial score (nSPS) is 10.2. The van der Waals surface area contributed by atoms with Crippen molar-refractivity contribution in [3.05, 3.63) is 39.8 Å². The second kappa shape index (κ2) is 4.74. The summed E-state index contributed by atoms with van der Waals surface area (Å²) in [5.74, 6) is 0.0737. The number of nitrogens with zero attached hydrogens (tertiary/aromatic N) is 4. The van der Waals surface area contributed by atoms with E-state index in [1.165, 1.54) is 6.33 Å². The van der Waals surface area contributed by atoms with Gasteiger partial charge in [-0.3, -0.25) is 10.1 Å². The molecule has 88 valence electrons. The SMILES string of the molecule is O=[N+]([O-])c1c(Cl)ncnc1NCc1cnc[nH]1. The molecule has 2 aromatic heterocycles. The molecule has 9 heteroatoms. The first-order valence-electron chi connectivity index (χ1n) is 4.54. The van der Waals surface area contributed by atoms with Crippen LogP contribution in [0.4, 0.5) is 11.5 Å². The Morgan fingerprint density at radius 3 is 3.00 bits per heavy atom. The molecule has 0 saturated carbocycles. The summed E-state index contributed by atoms with van der Waals surface area (Å²) in [6.45, 7) is 0.328. The molecule has 0 bridgehead atoms. The Morgan fingerprint density at radius 2 is 2.35 bits per heavy atom. The van der Waals surface area contributed by atoms with Crippen LogP contribution in [0, 0.1) is 10.1 Å². The molecular formula is C8H7ClN6O2. The lowest BCUT2D eigenvalue weighted by molar-refractivity contribution is -0.384. The van der Waals surface area contributed by atoms with Gasteiger partial charge in [-0.2, -0.15) is 0 Å². The average molecular weight is 255 g/mol. The largest absolute Gasteiger partial charge is 0.359 e. The number of rotatable bonds is 4. The Morgan fingerprint density at radius 1 is 1.53 bits per heavy atom. The van der Waals surface area contributed by atoms with E-state index in [1.54, 1.807) is 6.20 Å². The van der Waals surface area contributed by atoms with Gasteiger partial charge in [-0.25, -0.2) is 15.0 Å². The minimum absolute atomic E-state index is 0.0737. The van der Waals surface area contributed by atoms with Gasteiger partial charge in [0.2, 0.25) is 11.0 Å². The molecule has 2 rings (SSSR count). The number of H-pyrrole nitrogens is 1. The van der Waals surface area contributed by atoms with E-state index in [2.05, 4.69) is 25.3 Å². The molecule has 8 nitrogen and oxygen atoms in total. The van der Waals surface area contributed by atoms with E-state index in [0.29, 0.717) is 6.54 Å².